The molecule has 1 aromatic carbocycles. The van der Waals surface area contributed by atoms with Gasteiger partial charge < -0.3 is 19.3 Å². The molecular weight excluding hydrogens is 334 g/mol. The number of carbonyl (C=O) groups excluding carboxylic acids is 1. The van der Waals surface area contributed by atoms with Crippen LogP contribution < -0.4 is 4.74 Å². The topological polar surface area (TPSA) is 84.7 Å². The van der Waals surface area contributed by atoms with Crippen molar-refractivity contribution in [3.63, 3.8) is 0 Å². The van der Waals surface area contributed by atoms with E-state index in [1.54, 1.807) is 15.8 Å². The SMILES string of the molecule is Cc1ncn(CC(=O)N2C[C@@H]3c4ccccc4OC[C@]3(C(=O)O)C2)c1C. The number of likely N-dealkylation sites (tertiary alicyclic amines) is 1. The van der Waals surface area contributed by atoms with E-state index < -0.39 is 11.4 Å². The van der Waals surface area contributed by atoms with Crippen molar-refractivity contribution in [3.05, 3.63) is 47.5 Å². The second-order valence-electron chi connectivity index (χ2n) is 7.16. The minimum Gasteiger partial charge on any atom is -0.492 e. The molecule has 1 aromatic heterocycles. The molecule has 1 N–H and O–H groups in total. The van der Waals surface area contributed by atoms with Crippen molar-refractivity contribution >= 4 is 11.9 Å². The number of benzene rings is 1. The highest BCUT2D eigenvalue weighted by molar-refractivity contribution is 5.83. The van der Waals surface area contributed by atoms with E-state index in [9.17, 15) is 14.7 Å². The summed E-state index contributed by atoms with van der Waals surface area (Å²) >= 11 is 0. The first-order valence-electron chi connectivity index (χ1n) is 8.63. The van der Waals surface area contributed by atoms with Gasteiger partial charge in [0.05, 0.1) is 12.0 Å². The van der Waals surface area contributed by atoms with Gasteiger partial charge in [-0.2, -0.15) is 0 Å². The van der Waals surface area contributed by atoms with E-state index in [2.05, 4.69) is 4.98 Å². The summed E-state index contributed by atoms with van der Waals surface area (Å²) in [5.41, 5.74) is 1.60. The van der Waals surface area contributed by atoms with Crippen LogP contribution in [-0.2, 0) is 16.1 Å². The second kappa shape index (κ2) is 5.86. The lowest BCUT2D eigenvalue weighted by Crippen LogP contribution is -2.46. The van der Waals surface area contributed by atoms with Gasteiger partial charge in [0.15, 0.2) is 0 Å². The number of carboxylic acid groups (broad SMARTS) is 1. The molecular formula is C19H21N3O4. The molecule has 0 spiro atoms. The molecule has 4 rings (SSSR count). The number of hydrogen-bond donors (Lipinski definition) is 1. The zero-order chi connectivity index (χ0) is 18.5. The van der Waals surface area contributed by atoms with Crippen LogP contribution in [0.2, 0.25) is 0 Å². The van der Waals surface area contributed by atoms with Crippen molar-refractivity contribution in [2.75, 3.05) is 19.7 Å². The molecule has 2 aliphatic rings. The van der Waals surface area contributed by atoms with Gasteiger partial charge in [0.25, 0.3) is 0 Å². The van der Waals surface area contributed by atoms with Crippen LogP contribution in [0.5, 0.6) is 5.75 Å². The molecule has 26 heavy (non-hydrogen) atoms. The van der Waals surface area contributed by atoms with E-state index in [0.717, 1.165) is 17.0 Å². The number of amides is 1. The molecule has 7 nitrogen and oxygen atoms in total. The number of hydrogen-bond acceptors (Lipinski definition) is 4. The molecule has 0 aliphatic carbocycles. The van der Waals surface area contributed by atoms with E-state index >= 15 is 0 Å². The third-order valence-corrected chi connectivity index (χ3v) is 5.75. The lowest BCUT2D eigenvalue weighted by Gasteiger charge is -2.35. The summed E-state index contributed by atoms with van der Waals surface area (Å²) in [7, 11) is 0. The van der Waals surface area contributed by atoms with E-state index in [-0.39, 0.29) is 31.5 Å². The Bertz CT molecular complexity index is 891. The maximum atomic E-state index is 12.8. The van der Waals surface area contributed by atoms with Crippen LogP contribution >= 0.6 is 0 Å². The summed E-state index contributed by atoms with van der Waals surface area (Å²) in [5, 5.41) is 9.93. The van der Waals surface area contributed by atoms with Crippen LogP contribution in [0.4, 0.5) is 0 Å². The lowest BCUT2D eigenvalue weighted by atomic mass is 9.73. The van der Waals surface area contributed by atoms with Gasteiger partial charge in [0.1, 0.15) is 24.3 Å². The third kappa shape index (κ3) is 2.38. The monoisotopic (exact) mass is 355 g/mol. The quantitative estimate of drug-likeness (QED) is 0.904. The van der Waals surface area contributed by atoms with Crippen molar-refractivity contribution in [2.24, 2.45) is 5.41 Å². The number of fused-ring (bicyclic) bond motifs is 3. The summed E-state index contributed by atoms with van der Waals surface area (Å²) in [6.07, 6.45) is 1.65. The van der Waals surface area contributed by atoms with Gasteiger partial charge in [-0.25, -0.2) is 4.98 Å². The van der Waals surface area contributed by atoms with Gasteiger partial charge in [-0.15, -0.1) is 0 Å². The maximum absolute atomic E-state index is 12.8. The van der Waals surface area contributed by atoms with Crippen LogP contribution in [0.15, 0.2) is 30.6 Å². The fourth-order valence-corrected chi connectivity index (χ4v) is 3.98. The first-order valence-corrected chi connectivity index (χ1v) is 8.63. The maximum Gasteiger partial charge on any atom is 0.315 e. The molecule has 1 saturated heterocycles. The number of aryl methyl sites for hydroxylation is 1. The van der Waals surface area contributed by atoms with Crippen molar-refractivity contribution in [2.45, 2.75) is 26.3 Å². The van der Waals surface area contributed by atoms with Crippen molar-refractivity contribution in [1.29, 1.82) is 0 Å². The molecule has 0 unspecified atom stereocenters. The summed E-state index contributed by atoms with van der Waals surface area (Å²) in [5.74, 6) is -0.566. The number of carbonyl (C=O) groups is 2. The van der Waals surface area contributed by atoms with E-state index in [4.69, 9.17) is 4.74 Å². The highest BCUT2D eigenvalue weighted by Crippen LogP contribution is 2.49. The normalized spacial score (nSPS) is 23.9. The van der Waals surface area contributed by atoms with Crippen molar-refractivity contribution in [3.8, 4) is 5.75 Å². The number of aliphatic carboxylic acids is 1. The Labute approximate surface area is 151 Å². The molecule has 2 atom stereocenters. The summed E-state index contributed by atoms with van der Waals surface area (Å²) < 4.78 is 7.54. The van der Waals surface area contributed by atoms with Crippen LogP contribution in [0.1, 0.15) is 22.9 Å². The number of ether oxygens (including phenoxy) is 1. The Morgan fingerprint density at radius 2 is 2.12 bits per heavy atom. The molecule has 1 amide bonds. The predicted molar refractivity (Wildman–Crippen MR) is 93.0 cm³/mol. The minimum atomic E-state index is -1.09. The van der Waals surface area contributed by atoms with Crippen LogP contribution in [0.25, 0.3) is 0 Å². The van der Waals surface area contributed by atoms with Gasteiger partial charge in [-0.3, -0.25) is 9.59 Å². The summed E-state index contributed by atoms with van der Waals surface area (Å²) in [4.78, 5) is 30.8. The highest BCUT2D eigenvalue weighted by atomic mass is 16.5. The average Bonchev–Trinajstić information content (AvgIpc) is 3.18. The molecule has 1 fully saturated rings. The number of carboxylic acids is 1. The molecule has 3 heterocycles. The van der Waals surface area contributed by atoms with Gasteiger partial charge in [-0.05, 0) is 19.9 Å². The van der Waals surface area contributed by atoms with Crippen LogP contribution in [-0.4, -0.2) is 51.1 Å². The summed E-state index contributed by atoms with van der Waals surface area (Å²) in [6.45, 7) is 4.61. The fourth-order valence-electron chi connectivity index (χ4n) is 3.98. The molecule has 0 bridgehead atoms. The molecule has 0 saturated carbocycles. The molecule has 0 radical (unpaired) electrons. The predicted octanol–water partition coefficient (Wildman–Crippen LogP) is 1.59. The highest BCUT2D eigenvalue weighted by Gasteiger charge is 2.57. The first-order chi connectivity index (χ1) is 12.4. The number of rotatable bonds is 3. The van der Waals surface area contributed by atoms with E-state index in [1.807, 2.05) is 38.1 Å². The Morgan fingerprint density at radius 1 is 1.35 bits per heavy atom. The van der Waals surface area contributed by atoms with Crippen LogP contribution in [0, 0.1) is 19.3 Å². The first kappa shape index (κ1) is 16.6. The zero-order valence-electron chi connectivity index (χ0n) is 14.8. The van der Waals surface area contributed by atoms with Crippen molar-refractivity contribution in [1.82, 2.24) is 14.5 Å². The Morgan fingerprint density at radius 3 is 2.81 bits per heavy atom. The second-order valence-corrected chi connectivity index (χ2v) is 7.16. The van der Waals surface area contributed by atoms with E-state index in [1.165, 1.54) is 0 Å². The third-order valence-electron chi connectivity index (χ3n) is 5.75. The summed E-state index contributed by atoms with van der Waals surface area (Å²) in [6, 6.07) is 7.49. The number of imidazole rings is 1. The smallest absolute Gasteiger partial charge is 0.315 e. The molecule has 2 aromatic rings. The minimum absolute atomic E-state index is 0.0804. The van der Waals surface area contributed by atoms with Gasteiger partial charge in [-0.1, -0.05) is 18.2 Å². The lowest BCUT2D eigenvalue weighted by molar-refractivity contribution is -0.152. The average molecular weight is 355 g/mol. The van der Waals surface area contributed by atoms with Gasteiger partial charge >= 0.3 is 5.97 Å². The molecule has 136 valence electrons. The Kier molecular flexibility index (Phi) is 3.75. The fraction of sp³-hybridized carbons (Fsp3) is 0.421. The van der Waals surface area contributed by atoms with Gasteiger partial charge in [0, 0.05) is 30.3 Å². The molecule has 2 aliphatic heterocycles. The zero-order valence-corrected chi connectivity index (χ0v) is 14.8. The number of para-hydroxylation sites is 1. The molecule has 7 heteroatoms. The van der Waals surface area contributed by atoms with Crippen LogP contribution in [0.3, 0.4) is 0 Å². The van der Waals surface area contributed by atoms with Crippen molar-refractivity contribution < 1.29 is 19.4 Å². The standard InChI is InChI=1S/C19H21N3O4/c1-12-13(2)22(11-20-12)8-17(23)21-7-15-14-5-3-4-6-16(14)26-10-19(15,9-21)18(24)25/h3-6,11,15H,7-10H2,1-2H3,(H,24,25)/t15-,19-/m1/s1. The Hall–Kier alpha value is -2.83. The van der Waals surface area contributed by atoms with Gasteiger partial charge in [0.2, 0.25) is 5.91 Å². The van der Waals surface area contributed by atoms with E-state index in [0.29, 0.717) is 12.3 Å². The number of aromatic nitrogens is 2. The Balaban J connectivity index is 1.62. The largest absolute Gasteiger partial charge is 0.492 e. The number of nitrogens with zero attached hydrogens (tertiary/aromatic N) is 3.